The summed E-state index contributed by atoms with van der Waals surface area (Å²) >= 11 is 0. The zero-order valence-corrected chi connectivity index (χ0v) is 12.1. The molecule has 0 saturated carbocycles. The average molecular weight is 304 g/mol. The van der Waals surface area contributed by atoms with Gasteiger partial charge in [-0.15, -0.1) is 0 Å². The largest absolute Gasteiger partial charge is 0.497 e. The quantitative estimate of drug-likeness (QED) is 0.493. The van der Waals surface area contributed by atoms with Crippen LogP contribution >= 0.6 is 0 Å². The Kier molecular flexibility index (Phi) is 4.18. The highest BCUT2D eigenvalue weighted by atomic mass is 16.5. The third-order valence-electron chi connectivity index (χ3n) is 3.17. The van der Waals surface area contributed by atoms with Crippen LogP contribution in [0.2, 0.25) is 0 Å². The molecule has 112 valence electrons. The summed E-state index contributed by atoms with van der Waals surface area (Å²) in [5, 5.41) is 0. The molecule has 0 aromatic heterocycles. The summed E-state index contributed by atoms with van der Waals surface area (Å²) in [6.45, 7) is 0.109. The smallest absolute Gasteiger partial charge is 0.436 e. The zero-order chi connectivity index (χ0) is 16.1. The first-order valence-corrected chi connectivity index (χ1v) is 6.94. The van der Waals surface area contributed by atoms with Crippen molar-refractivity contribution in [1.82, 2.24) is 0 Å². The second-order valence-electron chi connectivity index (χ2n) is 4.75. The van der Waals surface area contributed by atoms with E-state index in [1.54, 1.807) is 12.1 Å². The predicted octanol–water partition coefficient (Wildman–Crippen LogP) is 2.26. The number of rotatable bonds is 4. The molecule has 0 saturated heterocycles. The molecule has 0 amide bonds. The molecule has 0 spiro atoms. The monoisotopic (exact) mass is 304 g/mol. The number of carbonyl (C=O) groups excluding carboxylic acids is 1. The van der Waals surface area contributed by atoms with Crippen LogP contribution < -0.4 is 0 Å². The van der Waals surface area contributed by atoms with E-state index < -0.39 is 5.97 Å². The van der Waals surface area contributed by atoms with E-state index in [0.29, 0.717) is 5.84 Å². The molecular weight excluding hydrogens is 292 g/mol. The van der Waals surface area contributed by atoms with Crippen LogP contribution in [-0.4, -0.2) is 28.1 Å². The van der Waals surface area contributed by atoms with Gasteiger partial charge in [-0.2, -0.15) is 4.99 Å². The molecule has 0 aliphatic carbocycles. The lowest BCUT2D eigenvalue weighted by Gasteiger charge is -2.02. The van der Waals surface area contributed by atoms with E-state index in [9.17, 15) is 4.79 Å². The number of benzene rings is 2. The SMILES string of the molecule is [N-]=[N+]=C1N=C(c2ccccc2)N=C1C(=O)OCc1ccccc1. The van der Waals surface area contributed by atoms with Crippen LogP contribution in [0, 0.1) is 0 Å². The summed E-state index contributed by atoms with van der Waals surface area (Å²) in [6.07, 6.45) is 0. The number of nitrogens with zero attached hydrogens (tertiary/aromatic N) is 4. The fourth-order valence-electron chi connectivity index (χ4n) is 2.05. The Morgan fingerprint density at radius 1 is 1.00 bits per heavy atom. The van der Waals surface area contributed by atoms with Crippen molar-refractivity contribution >= 4 is 23.4 Å². The summed E-state index contributed by atoms with van der Waals surface area (Å²) in [4.78, 5) is 23.3. The average Bonchev–Trinajstić information content (AvgIpc) is 3.06. The molecule has 2 aromatic rings. The highest BCUT2D eigenvalue weighted by Gasteiger charge is 2.35. The Labute approximate surface area is 132 Å². The Bertz CT molecular complexity index is 835. The Balaban J connectivity index is 1.77. The number of hydrogen-bond acceptors (Lipinski definition) is 3. The minimum atomic E-state index is -0.684. The van der Waals surface area contributed by atoms with E-state index in [0.717, 1.165) is 11.1 Å². The Morgan fingerprint density at radius 2 is 1.65 bits per heavy atom. The van der Waals surface area contributed by atoms with Gasteiger partial charge in [-0.25, -0.2) is 4.79 Å². The van der Waals surface area contributed by atoms with Crippen LogP contribution in [0.4, 0.5) is 0 Å². The Morgan fingerprint density at radius 3 is 2.30 bits per heavy atom. The molecule has 23 heavy (non-hydrogen) atoms. The number of amidine groups is 2. The molecule has 1 aliphatic heterocycles. The molecule has 6 heteroatoms. The lowest BCUT2D eigenvalue weighted by atomic mass is 10.2. The Hall–Kier alpha value is -3.37. The van der Waals surface area contributed by atoms with Gasteiger partial charge in [-0.05, 0) is 22.7 Å². The van der Waals surface area contributed by atoms with Crippen LogP contribution in [0.5, 0.6) is 0 Å². The van der Waals surface area contributed by atoms with Crippen molar-refractivity contribution in [3.8, 4) is 0 Å². The summed E-state index contributed by atoms with van der Waals surface area (Å²) < 4.78 is 5.19. The lowest BCUT2D eigenvalue weighted by Crippen LogP contribution is -2.23. The van der Waals surface area contributed by atoms with Crippen molar-refractivity contribution in [3.05, 3.63) is 77.3 Å². The van der Waals surface area contributed by atoms with Gasteiger partial charge in [0.1, 0.15) is 6.61 Å². The van der Waals surface area contributed by atoms with Gasteiger partial charge >= 0.3 is 11.8 Å². The number of carbonyl (C=O) groups is 1. The van der Waals surface area contributed by atoms with Gasteiger partial charge < -0.3 is 15.1 Å². The van der Waals surface area contributed by atoms with Gasteiger partial charge in [0.25, 0.3) is 11.5 Å². The van der Waals surface area contributed by atoms with Gasteiger partial charge in [0.05, 0.1) is 0 Å². The van der Waals surface area contributed by atoms with E-state index in [-0.39, 0.29) is 18.2 Å². The predicted molar refractivity (Wildman–Crippen MR) is 85.3 cm³/mol. The molecule has 0 fully saturated rings. The maximum Gasteiger partial charge on any atom is 0.436 e. The third kappa shape index (κ3) is 3.28. The van der Waals surface area contributed by atoms with E-state index in [4.69, 9.17) is 10.3 Å². The molecule has 0 atom stereocenters. The van der Waals surface area contributed by atoms with E-state index in [1.807, 2.05) is 48.5 Å². The van der Waals surface area contributed by atoms with Crippen LogP contribution in [-0.2, 0) is 16.1 Å². The molecule has 0 N–H and O–H groups in total. The van der Waals surface area contributed by atoms with Crippen molar-refractivity contribution in [2.75, 3.05) is 0 Å². The van der Waals surface area contributed by atoms with E-state index >= 15 is 0 Å². The van der Waals surface area contributed by atoms with Crippen LogP contribution in [0.15, 0.2) is 70.6 Å². The van der Waals surface area contributed by atoms with Crippen molar-refractivity contribution in [2.24, 2.45) is 9.98 Å². The van der Waals surface area contributed by atoms with Gasteiger partial charge in [0.2, 0.25) is 0 Å². The zero-order valence-electron chi connectivity index (χ0n) is 12.1. The molecule has 0 unspecified atom stereocenters. The molecule has 1 aliphatic rings. The van der Waals surface area contributed by atoms with Crippen LogP contribution in [0.25, 0.3) is 5.53 Å². The maximum atomic E-state index is 12.1. The molecule has 3 rings (SSSR count). The highest BCUT2D eigenvalue weighted by molar-refractivity contribution is 6.67. The van der Waals surface area contributed by atoms with Gasteiger partial charge in [0, 0.05) is 5.56 Å². The first kappa shape index (κ1) is 14.6. The fraction of sp³-hybridized carbons (Fsp3) is 0.0588. The van der Waals surface area contributed by atoms with Gasteiger partial charge in [-0.3, -0.25) is 0 Å². The minimum Gasteiger partial charge on any atom is -0.497 e. The summed E-state index contributed by atoms with van der Waals surface area (Å²) in [7, 11) is 0. The van der Waals surface area contributed by atoms with Crippen molar-refractivity contribution in [2.45, 2.75) is 6.61 Å². The maximum absolute atomic E-state index is 12.1. The normalized spacial score (nSPS) is 13.1. The van der Waals surface area contributed by atoms with Crippen molar-refractivity contribution < 1.29 is 14.3 Å². The third-order valence-corrected chi connectivity index (χ3v) is 3.17. The number of hydrogen-bond donors (Lipinski definition) is 0. The number of esters is 1. The van der Waals surface area contributed by atoms with Crippen LogP contribution in [0.3, 0.4) is 0 Å². The number of aliphatic imine (C=N–C) groups is 2. The fourth-order valence-corrected chi connectivity index (χ4v) is 2.05. The van der Waals surface area contributed by atoms with Gasteiger partial charge in [-0.1, -0.05) is 48.5 Å². The van der Waals surface area contributed by atoms with Crippen molar-refractivity contribution in [3.63, 3.8) is 0 Å². The highest BCUT2D eigenvalue weighted by Crippen LogP contribution is 2.10. The minimum absolute atomic E-state index is 0.109. The second-order valence-corrected chi connectivity index (χ2v) is 4.75. The standard InChI is InChI=1S/C17H12N4O2/c18-21-16-14(17(22)23-11-12-7-3-1-4-8-12)19-15(20-16)13-9-5-2-6-10-13/h1-10H,11H2. The first-order chi connectivity index (χ1) is 11.3. The summed E-state index contributed by atoms with van der Waals surface area (Å²) in [6, 6.07) is 18.4. The lowest BCUT2D eigenvalue weighted by molar-refractivity contribution is -0.136. The topological polar surface area (TPSA) is 87.4 Å². The first-order valence-electron chi connectivity index (χ1n) is 6.94. The van der Waals surface area contributed by atoms with Crippen molar-refractivity contribution in [1.29, 1.82) is 0 Å². The second kappa shape index (κ2) is 6.60. The number of ether oxygens (including phenoxy) is 1. The van der Waals surface area contributed by atoms with Crippen LogP contribution in [0.1, 0.15) is 11.1 Å². The summed E-state index contributed by atoms with van der Waals surface area (Å²) in [5.41, 5.74) is 10.5. The van der Waals surface area contributed by atoms with E-state index in [1.165, 1.54) is 0 Å². The van der Waals surface area contributed by atoms with Gasteiger partial charge in [0.15, 0.2) is 0 Å². The molecule has 6 nitrogen and oxygen atoms in total. The van der Waals surface area contributed by atoms with E-state index in [2.05, 4.69) is 14.8 Å². The summed E-state index contributed by atoms with van der Waals surface area (Å²) in [5.74, 6) is -0.525. The molecule has 2 aromatic carbocycles. The molecule has 1 heterocycles. The molecule has 0 bridgehead atoms. The molecule has 0 radical (unpaired) electrons. The molecular formula is C17H12N4O2.